The molecule has 4 N–H and O–H groups in total. The van der Waals surface area contributed by atoms with Gasteiger partial charge in [0, 0.05) is 17.3 Å². The number of guanidine groups is 1. The van der Waals surface area contributed by atoms with E-state index in [0.717, 1.165) is 29.8 Å². The van der Waals surface area contributed by atoms with Gasteiger partial charge in [-0.25, -0.2) is 13.8 Å². The minimum absolute atomic E-state index is 0. The van der Waals surface area contributed by atoms with Gasteiger partial charge < -0.3 is 16.2 Å². The van der Waals surface area contributed by atoms with Crippen LogP contribution in [-0.4, -0.2) is 17.6 Å². The first-order chi connectivity index (χ1) is 11.3. The van der Waals surface area contributed by atoms with E-state index in [1.807, 2.05) is 31.2 Å². The summed E-state index contributed by atoms with van der Waals surface area (Å²) in [5, 5.41) is 13.3. The van der Waals surface area contributed by atoms with Gasteiger partial charge >= 0.3 is 0 Å². The smallest absolute Gasteiger partial charge is 0.193 e. The summed E-state index contributed by atoms with van der Waals surface area (Å²) in [5.41, 5.74) is 6.11. The maximum absolute atomic E-state index is 13.8. The first-order valence-electron chi connectivity index (χ1n) is 7.65. The zero-order chi connectivity index (χ0) is 17.7. The molecule has 2 aromatic carbocycles. The average Bonchev–Trinajstić information content (AvgIpc) is 2.53. The molecule has 1 unspecified atom stereocenters. The van der Waals surface area contributed by atoms with Crippen molar-refractivity contribution in [1.82, 2.24) is 0 Å². The summed E-state index contributed by atoms with van der Waals surface area (Å²) in [6.07, 6.45) is 0.894. The van der Waals surface area contributed by atoms with E-state index in [1.54, 1.807) is 0 Å². The molecule has 0 fully saturated rings. The fourth-order valence-corrected chi connectivity index (χ4v) is 2.31. The third-order valence-corrected chi connectivity index (χ3v) is 3.68. The fourth-order valence-electron chi connectivity index (χ4n) is 2.31. The van der Waals surface area contributed by atoms with E-state index in [0.29, 0.717) is 0 Å². The van der Waals surface area contributed by atoms with E-state index < -0.39 is 17.2 Å². The SMILES string of the molecule is CCc1cccc(NC(N)=NCC(C)(O)c2ccc(F)cc2F)c1.I. The summed E-state index contributed by atoms with van der Waals surface area (Å²) < 4.78 is 26.8. The van der Waals surface area contributed by atoms with Gasteiger partial charge in [0.05, 0.1) is 6.54 Å². The molecule has 0 aliphatic rings. The lowest BCUT2D eigenvalue weighted by Crippen LogP contribution is -2.30. The van der Waals surface area contributed by atoms with Crippen molar-refractivity contribution >= 4 is 35.6 Å². The second-order valence-electron chi connectivity index (χ2n) is 5.78. The highest BCUT2D eigenvalue weighted by Gasteiger charge is 2.26. The highest BCUT2D eigenvalue weighted by atomic mass is 127. The van der Waals surface area contributed by atoms with Gasteiger partial charge in [-0.05, 0) is 37.1 Å². The molecule has 0 aromatic heterocycles. The number of aryl methyl sites for hydroxylation is 1. The van der Waals surface area contributed by atoms with Crippen molar-refractivity contribution in [3.63, 3.8) is 0 Å². The monoisotopic (exact) mass is 461 g/mol. The Morgan fingerprint density at radius 1 is 1.24 bits per heavy atom. The summed E-state index contributed by atoms with van der Waals surface area (Å²) in [5.74, 6) is -1.42. The average molecular weight is 461 g/mol. The number of hydrogen-bond acceptors (Lipinski definition) is 2. The van der Waals surface area contributed by atoms with Crippen LogP contribution in [0, 0.1) is 11.6 Å². The molecule has 1 atom stereocenters. The molecule has 0 radical (unpaired) electrons. The number of hydrogen-bond donors (Lipinski definition) is 3. The molecule has 0 heterocycles. The summed E-state index contributed by atoms with van der Waals surface area (Å²) in [7, 11) is 0. The standard InChI is InChI=1S/C18H21F2N3O.HI/c1-3-12-5-4-6-14(9-12)23-17(21)22-11-18(2,24)15-8-7-13(19)10-16(15)20;/h4-10,24H,3,11H2,1-2H3,(H3,21,22,23);1H. The first kappa shape index (κ1) is 21.3. The Morgan fingerprint density at radius 2 is 1.96 bits per heavy atom. The second-order valence-corrected chi connectivity index (χ2v) is 5.78. The molecule has 136 valence electrons. The lowest BCUT2D eigenvalue weighted by molar-refractivity contribution is 0.0634. The van der Waals surface area contributed by atoms with Gasteiger partial charge in [0.2, 0.25) is 0 Å². The molecule has 0 saturated heterocycles. The maximum atomic E-state index is 13.8. The molecule has 25 heavy (non-hydrogen) atoms. The summed E-state index contributed by atoms with van der Waals surface area (Å²) >= 11 is 0. The number of benzene rings is 2. The Bertz CT molecular complexity index is 751. The van der Waals surface area contributed by atoms with Crippen molar-refractivity contribution in [2.24, 2.45) is 10.7 Å². The Labute approximate surface area is 163 Å². The maximum Gasteiger partial charge on any atom is 0.193 e. The zero-order valence-electron chi connectivity index (χ0n) is 14.1. The Kier molecular flexibility index (Phi) is 7.75. The lowest BCUT2D eigenvalue weighted by Gasteiger charge is -2.22. The van der Waals surface area contributed by atoms with Gasteiger partial charge in [0.1, 0.15) is 17.2 Å². The predicted molar refractivity (Wildman–Crippen MR) is 107 cm³/mol. The van der Waals surface area contributed by atoms with Crippen molar-refractivity contribution < 1.29 is 13.9 Å². The van der Waals surface area contributed by atoms with Crippen molar-refractivity contribution in [1.29, 1.82) is 0 Å². The van der Waals surface area contributed by atoms with Crippen LogP contribution in [0.15, 0.2) is 47.5 Å². The molecule has 2 rings (SSSR count). The van der Waals surface area contributed by atoms with Gasteiger partial charge in [-0.1, -0.05) is 25.1 Å². The van der Waals surface area contributed by atoms with Crippen molar-refractivity contribution in [3.05, 3.63) is 65.2 Å². The molecular formula is C18H22F2IN3O. The van der Waals surface area contributed by atoms with E-state index in [1.165, 1.54) is 13.0 Å². The fraction of sp³-hybridized carbons (Fsp3) is 0.278. The highest BCUT2D eigenvalue weighted by molar-refractivity contribution is 14.0. The number of halogens is 3. The molecule has 0 aliphatic carbocycles. The molecule has 4 nitrogen and oxygen atoms in total. The predicted octanol–water partition coefficient (Wildman–Crippen LogP) is 3.78. The van der Waals surface area contributed by atoms with Gasteiger partial charge in [-0.3, -0.25) is 0 Å². The summed E-state index contributed by atoms with van der Waals surface area (Å²) in [4.78, 5) is 4.06. The first-order valence-corrected chi connectivity index (χ1v) is 7.65. The minimum atomic E-state index is -1.60. The van der Waals surface area contributed by atoms with Crippen LogP contribution >= 0.6 is 24.0 Å². The van der Waals surface area contributed by atoms with Crippen LogP contribution in [0.3, 0.4) is 0 Å². The van der Waals surface area contributed by atoms with Crippen LogP contribution in [0.2, 0.25) is 0 Å². The van der Waals surface area contributed by atoms with E-state index in [9.17, 15) is 13.9 Å². The van der Waals surface area contributed by atoms with E-state index in [4.69, 9.17) is 5.73 Å². The van der Waals surface area contributed by atoms with Crippen LogP contribution in [0.5, 0.6) is 0 Å². The van der Waals surface area contributed by atoms with Gasteiger partial charge in [-0.15, -0.1) is 24.0 Å². The Hall–Kier alpha value is -1.74. The summed E-state index contributed by atoms with van der Waals surface area (Å²) in [6.45, 7) is 3.28. The number of rotatable bonds is 5. The molecule has 0 amide bonds. The third kappa shape index (κ3) is 5.93. The lowest BCUT2D eigenvalue weighted by atomic mass is 9.95. The molecular weight excluding hydrogens is 439 g/mol. The van der Waals surface area contributed by atoms with Crippen molar-refractivity contribution in [3.8, 4) is 0 Å². The quantitative estimate of drug-likeness (QED) is 0.361. The largest absolute Gasteiger partial charge is 0.383 e. The molecule has 0 bridgehead atoms. The zero-order valence-corrected chi connectivity index (χ0v) is 16.4. The Morgan fingerprint density at radius 3 is 2.60 bits per heavy atom. The number of nitrogens with one attached hydrogen (secondary N) is 1. The number of anilines is 1. The topological polar surface area (TPSA) is 70.6 Å². The molecule has 7 heteroatoms. The van der Waals surface area contributed by atoms with Crippen LogP contribution in [0.25, 0.3) is 0 Å². The normalized spacial score (nSPS) is 13.7. The van der Waals surface area contributed by atoms with Crippen molar-refractivity contribution in [2.45, 2.75) is 25.9 Å². The third-order valence-electron chi connectivity index (χ3n) is 3.68. The van der Waals surface area contributed by atoms with Gasteiger partial charge in [0.15, 0.2) is 5.96 Å². The number of nitrogens with two attached hydrogens (primary N) is 1. The summed E-state index contributed by atoms with van der Waals surface area (Å²) in [6, 6.07) is 10.7. The van der Waals surface area contributed by atoms with Crippen LogP contribution in [0.1, 0.15) is 25.0 Å². The van der Waals surface area contributed by atoms with E-state index >= 15 is 0 Å². The molecule has 0 aliphatic heterocycles. The van der Waals surface area contributed by atoms with Gasteiger partial charge in [-0.2, -0.15) is 0 Å². The van der Waals surface area contributed by atoms with Crippen LogP contribution in [-0.2, 0) is 12.0 Å². The number of aliphatic hydroxyl groups is 1. The van der Waals surface area contributed by atoms with E-state index in [2.05, 4.69) is 10.3 Å². The Balaban J connectivity index is 0.00000312. The van der Waals surface area contributed by atoms with Gasteiger partial charge in [0.25, 0.3) is 0 Å². The molecule has 0 spiro atoms. The number of aliphatic imine (C=N–C) groups is 1. The van der Waals surface area contributed by atoms with E-state index in [-0.39, 0.29) is 42.0 Å². The second kappa shape index (κ2) is 9.10. The molecule has 2 aromatic rings. The van der Waals surface area contributed by atoms with Crippen LogP contribution in [0.4, 0.5) is 14.5 Å². The number of nitrogens with zero attached hydrogens (tertiary/aromatic N) is 1. The molecule has 0 saturated carbocycles. The highest BCUT2D eigenvalue weighted by Crippen LogP contribution is 2.24. The minimum Gasteiger partial charge on any atom is -0.383 e. The van der Waals surface area contributed by atoms with Crippen molar-refractivity contribution in [2.75, 3.05) is 11.9 Å². The van der Waals surface area contributed by atoms with Crippen LogP contribution < -0.4 is 11.1 Å².